The Bertz CT molecular complexity index is 905. The smallest absolute Gasteiger partial charge is 0.255 e. The molecular weight excluding hydrogens is 320 g/mol. The van der Waals surface area contributed by atoms with Crippen LogP contribution in [-0.2, 0) is 7.05 Å². The van der Waals surface area contributed by atoms with Gasteiger partial charge in [-0.3, -0.25) is 4.79 Å². The van der Waals surface area contributed by atoms with Crippen molar-refractivity contribution in [2.45, 2.75) is 0 Å². The normalized spacial score (nSPS) is 10.6. The lowest BCUT2D eigenvalue weighted by Gasteiger charge is -2.14. The monoisotopic (exact) mass is 340 g/mol. The second kappa shape index (κ2) is 6.76. The largest absolute Gasteiger partial charge is 0.493 e. The van der Waals surface area contributed by atoms with Gasteiger partial charge in [0.05, 0.1) is 21.3 Å². The minimum absolute atomic E-state index is 0.257. The van der Waals surface area contributed by atoms with Gasteiger partial charge in [0.1, 0.15) is 0 Å². The molecule has 0 bridgehead atoms. The molecule has 130 valence electrons. The molecule has 1 N–H and O–H groups in total. The van der Waals surface area contributed by atoms with E-state index >= 15 is 0 Å². The van der Waals surface area contributed by atoms with E-state index in [4.69, 9.17) is 14.2 Å². The first kappa shape index (κ1) is 16.7. The fraction of sp³-hybridized carbons (Fsp3) is 0.211. The number of amides is 1. The molecule has 25 heavy (non-hydrogen) atoms. The van der Waals surface area contributed by atoms with Crippen LogP contribution in [0.4, 0.5) is 5.69 Å². The standard InChI is InChI=1S/C19H20N2O4/c1-21-8-7-12-5-6-14(11-15(12)21)20-19(22)13-9-16(23-2)18(25-4)17(10-13)24-3/h5-11H,1-4H3,(H,20,22). The van der Waals surface area contributed by atoms with E-state index in [9.17, 15) is 4.79 Å². The zero-order valence-corrected chi connectivity index (χ0v) is 14.6. The average molecular weight is 340 g/mol. The maximum absolute atomic E-state index is 12.6. The average Bonchev–Trinajstić information content (AvgIpc) is 3.00. The van der Waals surface area contributed by atoms with Crippen molar-refractivity contribution in [3.63, 3.8) is 0 Å². The lowest BCUT2D eigenvalue weighted by Crippen LogP contribution is -2.12. The van der Waals surface area contributed by atoms with Gasteiger partial charge in [0.15, 0.2) is 11.5 Å². The van der Waals surface area contributed by atoms with Gasteiger partial charge in [-0.2, -0.15) is 0 Å². The van der Waals surface area contributed by atoms with E-state index in [1.807, 2.05) is 42.1 Å². The van der Waals surface area contributed by atoms with Gasteiger partial charge in [0.25, 0.3) is 5.91 Å². The Labute approximate surface area is 145 Å². The lowest BCUT2D eigenvalue weighted by atomic mass is 10.1. The van der Waals surface area contributed by atoms with Crippen LogP contribution in [-0.4, -0.2) is 31.8 Å². The summed E-state index contributed by atoms with van der Waals surface area (Å²) in [5.74, 6) is 1.06. The van der Waals surface area contributed by atoms with E-state index in [-0.39, 0.29) is 5.91 Å². The van der Waals surface area contributed by atoms with Gasteiger partial charge in [0, 0.05) is 30.0 Å². The summed E-state index contributed by atoms with van der Waals surface area (Å²) in [6, 6.07) is 11.1. The number of anilines is 1. The van der Waals surface area contributed by atoms with Crippen LogP contribution in [0.1, 0.15) is 10.4 Å². The fourth-order valence-electron chi connectivity index (χ4n) is 2.76. The molecular formula is C19H20N2O4. The summed E-state index contributed by atoms with van der Waals surface area (Å²) in [7, 11) is 6.52. The Balaban J connectivity index is 1.92. The Kier molecular flexibility index (Phi) is 4.52. The van der Waals surface area contributed by atoms with Gasteiger partial charge in [0.2, 0.25) is 5.75 Å². The summed E-state index contributed by atoms with van der Waals surface area (Å²) in [5.41, 5.74) is 2.18. The van der Waals surface area contributed by atoms with E-state index in [1.165, 1.54) is 21.3 Å². The topological polar surface area (TPSA) is 61.7 Å². The number of aromatic nitrogens is 1. The van der Waals surface area contributed by atoms with E-state index in [0.29, 0.717) is 28.5 Å². The quantitative estimate of drug-likeness (QED) is 0.773. The second-order valence-electron chi connectivity index (χ2n) is 5.57. The van der Waals surface area contributed by atoms with E-state index in [1.54, 1.807) is 12.1 Å². The summed E-state index contributed by atoms with van der Waals surface area (Å²) in [4.78, 5) is 12.6. The molecule has 2 aromatic carbocycles. The highest BCUT2D eigenvalue weighted by molar-refractivity contribution is 6.05. The van der Waals surface area contributed by atoms with Crippen molar-refractivity contribution in [2.24, 2.45) is 7.05 Å². The van der Waals surface area contributed by atoms with Crippen molar-refractivity contribution in [3.8, 4) is 17.2 Å². The maximum Gasteiger partial charge on any atom is 0.255 e. The first-order valence-electron chi connectivity index (χ1n) is 7.74. The summed E-state index contributed by atoms with van der Waals surface area (Å²) in [5, 5.41) is 4.02. The van der Waals surface area contributed by atoms with Crippen LogP contribution in [0.3, 0.4) is 0 Å². The molecule has 0 saturated heterocycles. The van der Waals surface area contributed by atoms with Crippen molar-refractivity contribution in [3.05, 3.63) is 48.2 Å². The van der Waals surface area contributed by atoms with E-state index < -0.39 is 0 Å². The Morgan fingerprint density at radius 1 is 0.960 bits per heavy atom. The summed E-state index contributed by atoms with van der Waals surface area (Å²) >= 11 is 0. The van der Waals surface area contributed by atoms with Gasteiger partial charge in [-0.15, -0.1) is 0 Å². The molecule has 6 heteroatoms. The highest BCUT2D eigenvalue weighted by atomic mass is 16.5. The summed E-state index contributed by atoms with van der Waals surface area (Å²) in [6.45, 7) is 0. The molecule has 1 amide bonds. The molecule has 0 atom stereocenters. The van der Waals surface area contributed by atoms with Gasteiger partial charge >= 0.3 is 0 Å². The minimum atomic E-state index is -0.257. The zero-order valence-electron chi connectivity index (χ0n) is 14.6. The van der Waals surface area contributed by atoms with Gasteiger partial charge in [-0.1, -0.05) is 6.07 Å². The highest BCUT2D eigenvalue weighted by Gasteiger charge is 2.17. The first-order valence-corrected chi connectivity index (χ1v) is 7.74. The van der Waals surface area contributed by atoms with Crippen LogP contribution in [0, 0.1) is 0 Å². The third-order valence-corrected chi connectivity index (χ3v) is 4.07. The molecule has 0 aliphatic carbocycles. The van der Waals surface area contributed by atoms with Crippen LogP contribution < -0.4 is 19.5 Å². The van der Waals surface area contributed by atoms with Crippen LogP contribution >= 0.6 is 0 Å². The third-order valence-electron chi connectivity index (χ3n) is 4.07. The molecule has 0 aliphatic heterocycles. The second-order valence-corrected chi connectivity index (χ2v) is 5.57. The van der Waals surface area contributed by atoms with Crippen LogP contribution in [0.25, 0.3) is 10.9 Å². The number of fused-ring (bicyclic) bond motifs is 1. The minimum Gasteiger partial charge on any atom is -0.493 e. The van der Waals surface area contributed by atoms with Gasteiger partial charge < -0.3 is 24.1 Å². The number of hydrogen-bond acceptors (Lipinski definition) is 4. The highest BCUT2D eigenvalue weighted by Crippen LogP contribution is 2.38. The third kappa shape index (κ3) is 3.10. The van der Waals surface area contributed by atoms with Gasteiger partial charge in [-0.25, -0.2) is 0 Å². The van der Waals surface area contributed by atoms with Crippen molar-refractivity contribution >= 4 is 22.5 Å². The van der Waals surface area contributed by atoms with Crippen molar-refractivity contribution < 1.29 is 19.0 Å². The maximum atomic E-state index is 12.6. The van der Waals surface area contributed by atoms with Crippen molar-refractivity contribution in [1.82, 2.24) is 4.57 Å². The summed E-state index contributed by atoms with van der Waals surface area (Å²) in [6.07, 6.45) is 1.98. The van der Waals surface area contributed by atoms with Crippen molar-refractivity contribution in [1.29, 1.82) is 0 Å². The number of hydrogen-bond donors (Lipinski definition) is 1. The number of carbonyl (C=O) groups is 1. The van der Waals surface area contributed by atoms with E-state index in [0.717, 1.165) is 10.9 Å². The number of ether oxygens (including phenoxy) is 3. The first-order chi connectivity index (χ1) is 12.1. The predicted octanol–water partition coefficient (Wildman–Crippen LogP) is 3.46. The number of rotatable bonds is 5. The van der Waals surface area contributed by atoms with E-state index in [2.05, 4.69) is 5.32 Å². The molecule has 0 saturated carbocycles. The van der Waals surface area contributed by atoms with Crippen LogP contribution in [0.2, 0.25) is 0 Å². The van der Waals surface area contributed by atoms with Crippen LogP contribution in [0.5, 0.6) is 17.2 Å². The molecule has 3 aromatic rings. The molecule has 6 nitrogen and oxygen atoms in total. The number of aryl methyl sites for hydroxylation is 1. The number of methoxy groups -OCH3 is 3. The SMILES string of the molecule is COc1cc(C(=O)Nc2ccc3ccn(C)c3c2)cc(OC)c1OC. The number of nitrogens with one attached hydrogen (secondary N) is 1. The Hall–Kier alpha value is -3.15. The Morgan fingerprint density at radius 3 is 2.24 bits per heavy atom. The number of nitrogens with zero attached hydrogens (tertiary/aromatic N) is 1. The molecule has 0 fully saturated rings. The molecule has 0 spiro atoms. The van der Waals surface area contributed by atoms with Gasteiger partial charge in [-0.05, 0) is 35.7 Å². The molecule has 1 heterocycles. The molecule has 1 aromatic heterocycles. The molecule has 0 unspecified atom stereocenters. The molecule has 0 aliphatic rings. The van der Waals surface area contributed by atoms with Crippen molar-refractivity contribution in [2.75, 3.05) is 26.6 Å². The van der Waals surface area contributed by atoms with Crippen LogP contribution in [0.15, 0.2) is 42.6 Å². The fourth-order valence-corrected chi connectivity index (χ4v) is 2.76. The summed E-state index contributed by atoms with van der Waals surface area (Å²) < 4.78 is 17.9. The lowest BCUT2D eigenvalue weighted by molar-refractivity contribution is 0.102. The zero-order chi connectivity index (χ0) is 18.0. The Morgan fingerprint density at radius 2 is 1.64 bits per heavy atom. The molecule has 0 radical (unpaired) electrons. The molecule has 3 rings (SSSR count). The number of benzene rings is 2. The predicted molar refractivity (Wildman–Crippen MR) is 97.0 cm³/mol. The number of carbonyl (C=O) groups excluding carboxylic acids is 1.